The van der Waals surface area contributed by atoms with Crippen molar-refractivity contribution < 1.29 is 4.79 Å². The molecule has 3 aromatic carbocycles. The first-order valence-corrected chi connectivity index (χ1v) is 8.45. The Morgan fingerprint density at radius 1 is 0.720 bits per heavy atom. The average molecular weight is 329 g/mol. The largest absolute Gasteiger partial charge is 0.378 e. The highest BCUT2D eigenvalue weighted by Gasteiger charge is 2.31. The van der Waals surface area contributed by atoms with E-state index in [1.807, 2.05) is 32.3 Å². The van der Waals surface area contributed by atoms with Crippen LogP contribution >= 0.6 is 0 Å². The molecule has 1 atom stereocenters. The van der Waals surface area contributed by atoms with E-state index in [-0.39, 0.29) is 5.41 Å². The van der Waals surface area contributed by atoms with E-state index < -0.39 is 0 Å². The Hall–Kier alpha value is -2.87. The van der Waals surface area contributed by atoms with Crippen LogP contribution in [-0.2, 0) is 5.41 Å². The summed E-state index contributed by atoms with van der Waals surface area (Å²) in [7, 11) is 4.09. The lowest BCUT2D eigenvalue weighted by molar-refractivity contribution is 0.112. The molecule has 3 rings (SSSR count). The van der Waals surface area contributed by atoms with Gasteiger partial charge in [0.25, 0.3) is 0 Å². The summed E-state index contributed by atoms with van der Waals surface area (Å²) in [6.45, 7) is 2.24. The van der Waals surface area contributed by atoms with Gasteiger partial charge in [-0.2, -0.15) is 0 Å². The summed E-state index contributed by atoms with van der Waals surface area (Å²) in [5.74, 6) is 0. The lowest BCUT2D eigenvalue weighted by Crippen LogP contribution is -2.25. The first-order chi connectivity index (χ1) is 12.1. The second-order valence-electron chi connectivity index (χ2n) is 6.67. The fourth-order valence-corrected chi connectivity index (χ4v) is 3.26. The molecule has 0 aliphatic carbocycles. The van der Waals surface area contributed by atoms with Gasteiger partial charge in [0.2, 0.25) is 0 Å². The number of anilines is 1. The molecule has 0 aliphatic heterocycles. The molecule has 0 aliphatic rings. The van der Waals surface area contributed by atoms with Gasteiger partial charge in [-0.25, -0.2) is 0 Å². The predicted molar refractivity (Wildman–Crippen MR) is 105 cm³/mol. The van der Waals surface area contributed by atoms with Crippen molar-refractivity contribution in [1.82, 2.24) is 0 Å². The first-order valence-electron chi connectivity index (χ1n) is 8.45. The van der Waals surface area contributed by atoms with Crippen LogP contribution in [0.5, 0.6) is 0 Å². The van der Waals surface area contributed by atoms with Crippen molar-refractivity contribution in [2.45, 2.75) is 12.3 Å². The Bertz CT molecular complexity index is 836. The molecule has 0 aromatic heterocycles. The van der Waals surface area contributed by atoms with Crippen LogP contribution in [0.2, 0.25) is 0 Å². The van der Waals surface area contributed by atoms with Gasteiger partial charge in [-0.15, -0.1) is 0 Å². The van der Waals surface area contributed by atoms with Crippen LogP contribution in [0.1, 0.15) is 34.0 Å². The summed E-state index contributed by atoms with van der Waals surface area (Å²) in [4.78, 5) is 13.1. The normalized spacial score (nSPS) is 13.1. The highest BCUT2D eigenvalue weighted by molar-refractivity contribution is 5.75. The molecular formula is C23H23NO. The molecule has 0 bridgehead atoms. The number of carbonyl (C=O) groups is 1. The third-order valence-corrected chi connectivity index (χ3v) is 4.94. The van der Waals surface area contributed by atoms with E-state index in [4.69, 9.17) is 0 Å². The molecule has 0 fully saturated rings. The van der Waals surface area contributed by atoms with Crippen molar-refractivity contribution in [3.05, 3.63) is 101 Å². The zero-order valence-electron chi connectivity index (χ0n) is 14.9. The Labute approximate surface area is 149 Å². The van der Waals surface area contributed by atoms with E-state index >= 15 is 0 Å². The fraction of sp³-hybridized carbons (Fsp3) is 0.174. The summed E-state index contributed by atoms with van der Waals surface area (Å²) in [5.41, 5.74) is 5.21. The van der Waals surface area contributed by atoms with Crippen LogP contribution in [0, 0.1) is 0 Å². The van der Waals surface area contributed by atoms with E-state index in [1.165, 1.54) is 22.4 Å². The van der Waals surface area contributed by atoms with Crippen molar-refractivity contribution in [2.24, 2.45) is 0 Å². The van der Waals surface area contributed by atoms with Crippen molar-refractivity contribution in [2.75, 3.05) is 19.0 Å². The van der Waals surface area contributed by atoms with Crippen LogP contribution < -0.4 is 4.90 Å². The number of aldehydes is 1. The van der Waals surface area contributed by atoms with Crippen molar-refractivity contribution >= 4 is 12.0 Å². The Balaban J connectivity index is 2.16. The van der Waals surface area contributed by atoms with E-state index in [1.54, 1.807) is 0 Å². The minimum absolute atomic E-state index is 0.284. The van der Waals surface area contributed by atoms with Crippen LogP contribution in [0.4, 0.5) is 5.69 Å². The van der Waals surface area contributed by atoms with Gasteiger partial charge in [-0.3, -0.25) is 4.79 Å². The average Bonchev–Trinajstić information content (AvgIpc) is 2.68. The molecular weight excluding hydrogens is 306 g/mol. The lowest BCUT2D eigenvalue weighted by Gasteiger charge is -2.32. The summed E-state index contributed by atoms with van der Waals surface area (Å²) in [6, 6.07) is 27.1. The predicted octanol–water partition coefficient (Wildman–Crippen LogP) is 4.92. The van der Waals surface area contributed by atoms with E-state index in [9.17, 15) is 4.79 Å². The van der Waals surface area contributed by atoms with Crippen molar-refractivity contribution in [1.29, 1.82) is 0 Å². The molecule has 25 heavy (non-hydrogen) atoms. The molecule has 0 radical (unpaired) electrons. The van der Waals surface area contributed by atoms with Crippen LogP contribution in [0.3, 0.4) is 0 Å². The van der Waals surface area contributed by atoms with Gasteiger partial charge in [0.15, 0.2) is 0 Å². The summed E-state index contributed by atoms with van der Waals surface area (Å²) in [6.07, 6.45) is 0.884. The molecule has 2 nitrogen and oxygen atoms in total. The van der Waals surface area contributed by atoms with Crippen molar-refractivity contribution in [3.63, 3.8) is 0 Å². The molecule has 1 unspecified atom stereocenters. The maximum absolute atomic E-state index is 11.0. The van der Waals surface area contributed by atoms with Gasteiger partial charge in [-0.1, -0.05) is 66.7 Å². The molecule has 0 saturated heterocycles. The first kappa shape index (κ1) is 17.0. The molecule has 0 spiro atoms. The number of nitrogens with zero attached hydrogens (tertiary/aromatic N) is 1. The monoisotopic (exact) mass is 329 g/mol. The number of carbonyl (C=O) groups excluding carboxylic acids is 1. The third-order valence-electron chi connectivity index (χ3n) is 4.94. The molecule has 0 heterocycles. The van der Waals surface area contributed by atoms with Crippen LogP contribution in [0.25, 0.3) is 0 Å². The second kappa shape index (κ2) is 6.94. The maximum Gasteiger partial charge on any atom is 0.150 e. The highest BCUT2D eigenvalue weighted by atomic mass is 16.1. The summed E-state index contributed by atoms with van der Waals surface area (Å²) < 4.78 is 0. The van der Waals surface area contributed by atoms with E-state index in [2.05, 4.69) is 72.5 Å². The number of hydrogen-bond donors (Lipinski definition) is 0. The van der Waals surface area contributed by atoms with Gasteiger partial charge in [0, 0.05) is 30.8 Å². The van der Waals surface area contributed by atoms with Gasteiger partial charge in [-0.05, 0) is 35.7 Å². The molecule has 0 saturated carbocycles. The minimum Gasteiger partial charge on any atom is -0.378 e. The number of hydrogen-bond acceptors (Lipinski definition) is 2. The zero-order valence-corrected chi connectivity index (χ0v) is 14.9. The molecule has 3 aromatic rings. The van der Waals surface area contributed by atoms with Crippen molar-refractivity contribution in [3.8, 4) is 0 Å². The summed E-state index contributed by atoms with van der Waals surface area (Å²) in [5, 5.41) is 0. The highest BCUT2D eigenvalue weighted by Crippen LogP contribution is 2.39. The van der Waals surface area contributed by atoms with Gasteiger partial charge < -0.3 is 4.90 Å². The summed E-state index contributed by atoms with van der Waals surface area (Å²) >= 11 is 0. The SMILES string of the molecule is CN(C)c1ccc(C(C)(c2ccccc2)c2ccc(C=O)cc2)cc1. The van der Waals surface area contributed by atoms with Gasteiger partial charge in [0.1, 0.15) is 6.29 Å². The topological polar surface area (TPSA) is 20.3 Å². The Morgan fingerprint density at radius 2 is 1.20 bits per heavy atom. The quantitative estimate of drug-likeness (QED) is 0.489. The molecule has 0 N–H and O–H groups in total. The maximum atomic E-state index is 11.0. The smallest absolute Gasteiger partial charge is 0.150 e. The van der Waals surface area contributed by atoms with Gasteiger partial charge in [0.05, 0.1) is 0 Å². The zero-order chi connectivity index (χ0) is 17.9. The van der Waals surface area contributed by atoms with Crippen LogP contribution in [0.15, 0.2) is 78.9 Å². The molecule has 0 amide bonds. The number of rotatable bonds is 5. The standard InChI is InChI=1S/C23H23NO/c1-23(19-7-5-4-6-8-19,20-11-9-18(17-25)10-12-20)21-13-15-22(16-14-21)24(2)3/h4-17H,1-3H3. The Morgan fingerprint density at radius 3 is 1.68 bits per heavy atom. The minimum atomic E-state index is -0.284. The second-order valence-corrected chi connectivity index (χ2v) is 6.67. The molecule has 126 valence electrons. The van der Waals surface area contributed by atoms with E-state index in [0.717, 1.165) is 6.29 Å². The lowest BCUT2D eigenvalue weighted by atomic mass is 9.71. The van der Waals surface area contributed by atoms with Gasteiger partial charge >= 0.3 is 0 Å². The number of benzene rings is 3. The molecule has 2 heteroatoms. The Kier molecular flexibility index (Phi) is 4.71. The van der Waals surface area contributed by atoms with E-state index in [0.29, 0.717) is 5.56 Å². The van der Waals surface area contributed by atoms with Crippen LogP contribution in [-0.4, -0.2) is 20.4 Å². The fourth-order valence-electron chi connectivity index (χ4n) is 3.26. The third kappa shape index (κ3) is 3.20.